The molecule has 0 radical (unpaired) electrons. The number of nitrogens with zero attached hydrogens (tertiary/aromatic N) is 4. The van der Waals surface area contributed by atoms with Crippen molar-refractivity contribution in [3.63, 3.8) is 0 Å². The van der Waals surface area contributed by atoms with Gasteiger partial charge in [0.2, 0.25) is 0 Å². The monoisotopic (exact) mass is 632 g/mol. The lowest BCUT2D eigenvalue weighted by Gasteiger charge is -2.32. The average molecular weight is 633 g/mol. The summed E-state index contributed by atoms with van der Waals surface area (Å²) >= 11 is 5.08. The van der Waals surface area contributed by atoms with Gasteiger partial charge in [0, 0.05) is 42.1 Å². The van der Waals surface area contributed by atoms with Crippen LogP contribution >= 0.6 is 35.1 Å². The zero-order valence-corrected chi connectivity index (χ0v) is 26.3. The number of fused-ring (bicyclic) bond motifs is 4. The predicted molar refractivity (Wildman–Crippen MR) is 188 cm³/mol. The van der Waals surface area contributed by atoms with Crippen molar-refractivity contribution in [2.75, 3.05) is 9.80 Å². The van der Waals surface area contributed by atoms with Crippen LogP contribution < -0.4 is 9.80 Å². The summed E-state index contributed by atoms with van der Waals surface area (Å²) in [7, 11) is 0. The number of hydrogen-bond donors (Lipinski definition) is 0. The molecule has 0 unspecified atom stereocenters. The van der Waals surface area contributed by atoms with Gasteiger partial charge in [0.1, 0.15) is 5.01 Å². The Hall–Kier alpha value is -4.82. The lowest BCUT2D eigenvalue weighted by Crippen LogP contribution is -2.14. The zero-order chi connectivity index (χ0) is 29.7. The van der Waals surface area contributed by atoms with Crippen LogP contribution in [0.1, 0.15) is 0 Å². The summed E-state index contributed by atoms with van der Waals surface area (Å²) in [5.74, 6) is 0.747. The van der Waals surface area contributed by atoms with Crippen LogP contribution in [0.3, 0.4) is 0 Å². The van der Waals surface area contributed by atoms with E-state index in [1.54, 1.807) is 0 Å². The van der Waals surface area contributed by atoms with Crippen molar-refractivity contribution >= 4 is 69.2 Å². The van der Waals surface area contributed by atoms with Crippen LogP contribution in [0.15, 0.2) is 165 Å². The maximum absolute atomic E-state index is 4.95. The van der Waals surface area contributed by atoms with Gasteiger partial charge in [-0.2, -0.15) is 4.37 Å². The van der Waals surface area contributed by atoms with Crippen LogP contribution in [0.5, 0.6) is 0 Å². The SMILES string of the molecule is c1ccc2c(c1)Sc1ccccc1N2c1ccc(-c2nsc(-c3ccc(N4c5ccccc5Sc5ccccc54)cc3)n2)cc1. The standard InChI is InChI=1S/C38H24N4S3/c1-5-13-33-29(9-1)41(30-10-2-6-14-34(30)43-33)27-21-17-25(18-22-27)37-39-38(45-40-37)26-19-23-28(24-20-26)42-31-11-3-7-15-35(31)44-36-16-8-4-12-32(36)42/h1-24H. The van der Waals surface area contributed by atoms with Crippen molar-refractivity contribution < 1.29 is 0 Å². The van der Waals surface area contributed by atoms with Gasteiger partial charge in [-0.15, -0.1) is 0 Å². The lowest BCUT2D eigenvalue weighted by molar-refractivity contribution is 1.16. The predicted octanol–water partition coefficient (Wildman–Crippen LogP) is 11.7. The summed E-state index contributed by atoms with van der Waals surface area (Å²) in [5.41, 5.74) is 9.10. The highest BCUT2D eigenvalue weighted by atomic mass is 32.2. The minimum atomic E-state index is 0.747. The molecule has 0 saturated heterocycles. The van der Waals surface area contributed by atoms with Crippen molar-refractivity contribution in [3.05, 3.63) is 146 Å². The van der Waals surface area contributed by atoms with Gasteiger partial charge in [-0.1, -0.05) is 72.1 Å². The first kappa shape index (κ1) is 26.6. The van der Waals surface area contributed by atoms with Gasteiger partial charge in [-0.05, 0) is 109 Å². The van der Waals surface area contributed by atoms with E-state index in [1.165, 1.54) is 53.9 Å². The topological polar surface area (TPSA) is 32.3 Å². The fraction of sp³-hybridized carbons (Fsp3) is 0. The summed E-state index contributed by atoms with van der Waals surface area (Å²) in [4.78, 5) is 14.7. The van der Waals surface area contributed by atoms with Gasteiger partial charge in [-0.25, -0.2) is 4.98 Å². The van der Waals surface area contributed by atoms with Gasteiger partial charge in [0.25, 0.3) is 0 Å². The Balaban J connectivity index is 1.00. The maximum Gasteiger partial charge on any atom is 0.173 e. The molecule has 0 fully saturated rings. The van der Waals surface area contributed by atoms with E-state index < -0.39 is 0 Å². The maximum atomic E-state index is 4.95. The molecule has 0 spiro atoms. The molecule has 1 aromatic heterocycles. The van der Waals surface area contributed by atoms with Gasteiger partial charge in [0.15, 0.2) is 5.82 Å². The molecule has 7 heteroatoms. The second-order valence-corrected chi connectivity index (χ2v) is 13.7. The van der Waals surface area contributed by atoms with Crippen LogP contribution in [-0.4, -0.2) is 9.36 Å². The van der Waals surface area contributed by atoms with E-state index in [1.807, 2.05) is 23.5 Å². The summed E-state index contributed by atoms with van der Waals surface area (Å²) in [5, 5.41) is 0.909. The van der Waals surface area contributed by atoms with E-state index in [4.69, 9.17) is 9.36 Å². The third-order valence-electron chi connectivity index (χ3n) is 8.05. The van der Waals surface area contributed by atoms with Gasteiger partial charge in [0.05, 0.1) is 22.7 Å². The second-order valence-electron chi connectivity index (χ2n) is 10.8. The smallest absolute Gasteiger partial charge is 0.173 e. The van der Waals surface area contributed by atoms with Crippen molar-refractivity contribution in [1.29, 1.82) is 0 Å². The molecule has 0 saturated carbocycles. The Morgan fingerprint density at radius 1 is 0.400 bits per heavy atom. The fourth-order valence-corrected chi connectivity index (χ4v) is 8.74. The molecule has 6 aromatic carbocycles. The molecule has 0 amide bonds. The second kappa shape index (κ2) is 11.0. The van der Waals surface area contributed by atoms with E-state index in [9.17, 15) is 0 Å². The number of rotatable bonds is 4. The molecule has 45 heavy (non-hydrogen) atoms. The Labute approximate surface area is 274 Å². The molecule has 0 N–H and O–H groups in total. The normalized spacial score (nSPS) is 13.1. The van der Waals surface area contributed by atoms with E-state index in [2.05, 4.69) is 155 Å². The van der Waals surface area contributed by atoms with Crippen molar-refractivity contribution in [3.8, 4) is 22.0 Å². The van der Waals surface area contributed by atoms with E-state index in [-0.39, 0.29) is 0 Å². The van der Waals surface area contributed by atoms with Crippen LogP contribution in [0.4, 0.5) is 34.1 Å². The molecule has 2 aliphatic rings. The molecule has 0 aliphatic carbocycles. The third-order valence-corrected chi connectivity index (χ3v) is 11.1. The molecule has 214 valence electrons. The van der Waals surface area contributed by atoms with Crippen molar-refractivity contribution in [1.82, 2.24) is 9.36 Å². The Kier molecular flexibility index (Phi) is 6.47. The summed E-state index contributed by atoms with van der Waals surface area (Å²) in [6, 6.07) is 51.6. The number of hydrogen-bond acceptors (Lipinski definition) is 7. The highest BCUT2D eigenvalue weighted by Gasteiger charge is 2.26. The fourth-order valence-electron chi connectivity index (χ4n) is 5.94. The molecule has 7 aromatic rings. The Morgan fingerprint density at radius 3 is 1.20 bits per heavy atom. The van der Waals surface area contributed by atoms with E-state index in [0.717, 1.165) is 33.3 Å². The largest absolute Gasteiger partial charge is 0.308 e. The highest BCUT2D eigenvalue weighted by molar-refractivity contribution is 8.00. The van der Waals surface area contributed by atoms with Crippen LogP contribution in [0.25, 0.3) is 22.0 Å². The minimum absolute atomic E-state index is 0.747. The first-order chi connectivity index (χ1) is 22.3. The minimum Gasteiger partial charge on any atom is -0.308 e. The Morgan fingerprint density at radius 2 is 0.778 bits per heavy atom. The molecule has 0 atom stereocenters. The summed E-state index contributed by atoms with van der Waals surface area (Å²) < 4.78 is 4.75. The molecule has 3 heterocycles. The van der Waals surface area contributed by atoms with Crippen LogP contribution in [0.2, 0.25) is 0 Å². The van der Waals surface area contributed by atoms with E-state index in [0.29, 0.717) is 0 Å². The molecular weight excluding hydrogens is 609 g/mol. The molecule has 4 nitrogen and oxygen atoms in total. The Bertz CT molecular complexity index is 1950. The number of anilines is 6. The number of para-hydroxylation sites is 4. The quantitative estimate of drug-likeness (QED) is 0.192. The molecule has 2 aliphatic heterocycles. The van der Waals surface area contributed by atoms with Gasteiger partial charge < -0.3 is 9.80 Å². The first-order valence-electron chi connectivity index (χ1n) is 14.7. The summed E-state index contributed by atoms with van der Waals surface area (Å²) in [6.45, 7) is 0. The van der Waals surface area contributed by atoms with Gasteiger partial charge >= 0.3 is 0 Å². The molecule has 0 bridgehead atoms. The van der Waals surface area contributed by atoms with Crippen molar-refractivity contribution in [2.24, 2.45) is 0 Å². The van der Waals surface area contributed by atoms with E-state index >= 15 is 0 Å². The summed E-state index contributed by atoms with van der Waals surface area (Å²) in [6.07, 6.45) is 0. The highest BCUT2D eigenvalue weighted by Crippen LogP contribution is 2.52. The van der Waals surface area contributed by atoms with Crippen LogP contribution in [0, 0.1) is 0 Å². The zero-order valence-electron chi connectivity index (χ0n) is 23.9. The average Bonchev–Trinajstić information content (AvgIpc) is 3.60. The number of benzene rings is 6. The number of aromatic nitrogens is 2. The molecule has 9 rings (SSSR count). The third kappa shape index (κ3) is 4.63. The molecular formula is C38H24N4S3. The van der Waals surface area contributed by atoms with Crippen LogP contribution in [-0.2, 0) is 0 Å². The lowest BCUT2D eigenvalue weighted by atomic mass is 10.1. The first-order valence-corrected chi connectivity index (χ1v) is 17.1. The van der Waals surface area contributed by atoms with Gasteiger partial charge in [-0.3, -0.25) is 0 Å². The van der Waals surface area contributed by atoms with Crippen molar-refractivity contribution in [2.45, 2.75) is 19.6 Å².